The topological polar surface area (TPSA) is 71.9 Å². The van der Waals surface area contributed by atoms with Crippen LogP contribution in [-0.2, 0) is 16.1 Å². The summed E-state index contributed by atoms with van der Waals surface area (Å²) in [5, 5.41) is 10.2. The Morgan fingerprint density at radius 2 is 2.03 bits per heavy atom. The van der Waals surface area contributed by atoms with Crippen molar-refractivity contribution in [3.8, 4) is 16.9 Å². The highest BCUT2D eigenvalue weighted by atomic mass is 16.7. The van der Waals surface area contributed by atoms with Crippen molar-refractivity contribution >= 4 is 16.8 Å². The van der Waals surface area contributed by atoms with Gasteiger partial charge in [0.15, 0.2) is 0 Å². The number of aryl methyl sites for hydroxylation is 1. The first-order valence-electron chi connectivity index (χ1n) is 10.3. The number of carbonyl (C=O) groups is 1. The number of nitrogens with zero attached hydrogens (tertiary/aromatic N) is 2. The maximum Gasteiger partial charge on any atom is 0.248 e. The lowest BCUT2D eigenvalue weighted by molar-refractivity contribution is -0.227. The van der Waals surface area contributed by atoms with Crippen LogP contribution < -0.4 is 4.74 Å². The molecule has 0 radical (unpaired) electrons. The van der Waals surface area contributed by atoms with E-state index in [1.165, 1.54) is 0 Å². The van der Waals surface area contributed by atoms with Crippen LogP contribution in [0.4, 0.5) is 0 Å². The van der Waals surface area contributed by atoms with Crippen molar-refractivity contribution in [1.82, 2.24) is 9.88 Å². The van der Waals surface area contributed by atoms with E-state index in [4.69, 9.17) is 14.6 Å². The Hall–Kier alpha value is -2.96. The molecule has 2 aromatic carbocycles. The summed E-state index contributed by atoms with van der Waals surface area (Å²) in [7, 11) is 0. The molecule has 3 heterocycles. The molecule has 1 saturated heterocycles. The van der Waals surface area contributed by atoms with Gasteiger partial charge in [0.05, 0.1) is 12.1 Å². The SMILES string of the molecule is Cc1c(-c2ccc3c(c2)COC2(CCN(C(=O)CO)CC2)O3)ccc2cccnc12. The number of carbonyl (C=O) groups excluding carboxylic acids is 1. The lowest BCUT2D eigenvalue weighted by Crippen LogP contribution is -2.52. The summed E-state index contributed by atoms with van der Waals surface area (Å²) in [4.78, 5) is 17.9. The first-order chi connectivity index (χ1) is 14.6. The normalized spacial score (nSPS) is 17.6. The zero-order valence-electron chi connectivity index (χ0n) is 16.9. The highest BCUT2D eigenvalue weighted by Gasteiger charge is 2.41. The molecule has 154 valence electrons. The molecule has 1 amide bonds. The smallest absolute Gasteiger partial charge is 0.248 e. The Morgan fingerprint density at radius 3 is 2.83 bits per heavy atom. The van der Waals surface area contributed by atoms with E-state index in [0.717, 1.165) is 38.9 Å². The molecule has 30 heavy (non-hydrogen) atoms. The van der Waals surface area contributed by atoms with Gasteiger partial charge in [0, 0.05) is 43.1 Å². The number of rotatable bonds is 2. The number of aliphatic hydroxyl groups is 1. The second-order valence-electron chi connectivity index (χ2n) is 7.98. The van der Waals surface area contributed by atoms with E-state index in [1.807, 2.05) is 18.3 Å². The predicted molar refractivity (Wildman–Crippen MR) is 113 cm³/mol. The Labute approximate surface area is 175 Å². The molecule has 1 spiro atoms. The minimum Gasteiger partial charge on any atom is -0.462 e. The molecule has 3 aromatic rings. The second-order valence-corrected chi connectivity index (χ2v) is 7.98. The molecule has 0 saturated carbocycles. The number of pyridine rings is 1. The third-order valence-corrected chi connectivity index (χ3v) is 6.20. The van der Waals surface area contributed by atoms with Crippen LogP contribution >= 0.6 is 0 Å². The molecule has 2 aliphatic rings. The molecule has 1 aromatic heterocycles. The minimum absolute atomic E-state index is 0.244. The van der Waals surface area contributed by atoms with Gasteiger partial charge in [-0.25, -0.2) is 0 Å². The largest absolute Gasteiger partial charge is 0.462 e. The third kappa shape index (κ3) is 3.22. The molecular formula is C24H24N2O4. The number of amides is 1. The van der Waals surface area contributed by atoms with Gasteiger partial charge in [-0.1, -0.05) is 24.3 Å². The van der Waals surface area contributed by atoms with Gasteiger partial charge in [0.2, 0.25) is 11.7 Å². The monoisotopic (exact) mass is 404 g/mol. The number of aromatic nitrogens is 1. The van der Waals surface area contributed by atoms with E-state index in [1.54, 1.807) is 4.90 Å². The van der Waals surface area contributed by atoms with Crippen molar-refractivity contribution in [2.24, 2.45) is 0 Å². The molecule has 1 fully saturated rings. The van der Waals surface area contributed by atoms with Gasteiger partial charge in [0.1, 0.15) is 12.4 Å². The van der Waals surface area contributed by atoms with Crippen molar-refractivity contribution < 1.29 is 19.4 Å². The van der Waals surface area contributed by atoms with Crippen LogP contribution in [-0.4, -0.2) is 46.4 Å². The first-order valence-corrected chi connectivity index (χ1v) is 10.3. The summed E-state index contributed by atoms with van der Waals surface area (Å²) in [5.41, 5.74) is 5.46. The predicted octanol–water partition coefficient (Wildman–Crippen LogP) is 3.43. The van der Waals surface area contributed by atoms with E-state index in [2.05, 4.69) is 42.2 Å². The van der Waals surface area contributed by atoms with Gasteiger partial charge >= 0.3 is 0 Å². The van der Waals surface area contributed by atoms with E-state index >= 15 is 0 Å². The van der Waals surface area contributed by atoms with Gasteiger partial charge < -0.3 is 19.5 Å². The Balaban J connectivity index is 1.39. The zero-order chi connectivity index (χ0) is 20.7. The number of hydrogen-bond donors (Lipinski definition) is 1. The average Bonchev–Trinajstić information content (AvgIpc) is 2.79. The molecular weight excluding hydrogens is 380 g/mol. The fraction of sp³-hybridized carbons (Fsp3) is 0.333. The fourth-order valence-electron chi connectivity index (χ4n) is 4.45. The van der Waals surface area contributed by atoms with Crippen molar-refractivity contribution in [3.05, 3.63) is 59.8 Å². The molecule has 0 atom stereocenters. The number of fused-ring (bicyclic) bond motifs is 2. The quantitative estimate of drug-likeness (QED) is 0.709. The fourth-order valence-corrected chi connectivity index (χ4v) is 4.45. The van der Waals surface area contributed by atoms with Crippen LogP contribution in [0.1, 0.15) is 24.0 Å². The van der Waals surface area contributed by atoms with Crippen molar-refractivity contribution in [2.45, 2.75) is 32.2 Å². The van der Waals surface area contributed by atoms with Crippen LogP contribution in [0.3, 0.4) is 0 Å². The summed E-state index contributed by atoms with van der Waals surface area (Å²) in [6, 6.07) is 14.5. The number of aliphatic hydroxyl groups excluding tert-OH is 1. The molecule has 0 bridgehead atoms. The van der Waals surface area contributed by atoms with Crippen LogP contribution in [0.15, 0.2) is 48.7 Å². The van der Waals surface area contributed by atoms with Crippen LogP contribution in [0.2, 0.25) is 0 Å². The number of piperidine rings is 1. The van der Waals surface area contributed by atoms with E-state index in [-0.39, 0.29) is 5.91 Å². The Morgan fingerprint density at radius 1 is 1.20 bits per heavy atom. The van der Waals surface area contributed by atoms with Crippen LogP contribution in [0.25, 0.3) is 22.0 Å². The number of benzene rings is 2. The van der Waals surface area contributed by atoms with Gasteiger partial charge in [-0.05, 0) is 41.8 Å². The van der Waals surface area contributed by atoms with Crippen molar-refractivity contribution in [1.29, 1.82) is 0 Å². The second kappa shape index (κ2) is 7.38. The standard InChI is InChI=1S/C24H24N2O4/c1-16-20(6-4-17-3-2-10-25-23(16)17)18-5-7-21-19(13-18)15-29-24(30-21)8-11-26(12-9-24)22(28)14-27/h2-7,10,13,27H,8-9,11-12,14-15H2,1H3. The van der Waals surface area contributed by atoms with Crippen molar-refractivity contribution in [3.63, 3.8) is 0 Å². The lowest BCUT2D eigenvalue weighted by atomic mass is 9.95. The molecule has 6 heteroatoms. The highest BCUT2D eigenvalue weighted by Crippen LogP contribution is 2.40. The van der Waals surface area contributed by atoms with E-state index in [0.29, 0.717) is 32.5 Å². The maximum absolute atomic E-state index is 11.7. The Bertz CT molecular complexity index is 1120. The minimum atomic E-state index is -0.691. The number of ether oxygens (including phenoxy) is 2. The van der Waals surface area contributed by atoms with Crippen molar-refractivity contribution in [2.75, 3.05) is 19.7 Å². The molecule has 5 rings (SSSR count). The first kappa shape index (κ1) is 19.0. The van der Waals surface area contributed by atoms with Crippen LogP contribution in [0, 0.1) is 6.92 Å². The molecule has 6 nitrogen and oxygen atoms in total. The third-order valence-electron chi connectivity index (χ3n) is 6.20. The molecule has 0 unspecified atom stereocenters. The number of likely N-dealkylation sites (tertiary alicyclic amines) is 1. The van der Waals surface area contributed by atoms with Gasteiger partial charge in [0.25, 0.3) is 0 Å². The average molecular weight is 404 g/mol. The summed E-state index contributed by atoms with van der Waals surface area (Å²) in [6.07, 6.45) is 3.01. The summed E-state index contributed by atoms with van der Waals surface area (Å²) in [6.45, 7) is 3.17. The highest BCUT2D eigenvalue weighted by molar-refractivity contribution is 5.88. The van der Waals surface area contributed by atoms with Gasteiger partial charge in [-0.2, -0.15) is 0 Å². The molecule has 0 aliphatic carbocycles. The summed E-state index contributed by atoms with van der Waals surface area (Å²) in [5.74, 6) is -0.0989. The van der Waals surface area contributed by atoms with Crippen LogP contribution in [0.5, 0.6) is 5.75 Å². The summed E-state index contributed by atoms with van der Waals surface area (Å²) < 4.78 is 12.4. The van der Waals surface area contributed by atoms with E-state index in [9.17, 15) is 4.79 Å². The summed E-state index contributed by atoms with van der Waals surface area (Å²) >= 11 is 0. The number of hydrogen-bond acceptors (Lipinski definition) is 5. The van der Waals surface area contributed by atoms with Gasteiger partial charge in [-0.15, -0.1) is 0 Å². The lowest BCUT2D eigenvalue weighted by Gasteiger charge is -2.44. The Kier molecular flexibility index (Phi) is 4.68. The van der Waals surface area contributed by atoms with E-state index < -0.39 is 12.4 Å². The zero-order valence-corrected chi connectivity index (χ0v) is 16.9. The molecule has 1 N–H and O–H groups in total. The van der Waals surface area contributed by atoms with Gasteiger partial charge in [-0.3, -0.25) is 9.78 Å². The molecule has 2 aliphatic heterocycles. The maximum atomic E-state index is 11.7.